The third-order valence-corrected chi connectivity index (χ3v) is 8.32. The molecule has 0 aromatic heterocycles. The fraction of sp³-hybridized carbons (Fsp3) is 0.857. The van der Waals surface area contributed by atoms with Gasteiger partial charge in [-0.05, 0) is 86.0 Å². The van der Waals surface area contributed by atoms with Gasteiger partial charge in [-0.3, -0.25) is 0 Å². The Hall–Kier alpha value is -0.870. The summed E-state index contributed by atoms with van der Waals surface area (Å²) in [6, 6.07) is 0. The Morgan fingerprint density at radius 2 is 2.00 bits per heavy atom. The minimum absolute atomic E-state index is 0.0759. The van der Waals surface area contributed by atoms with Crippen LogP contribution in [0.1, 0.15) is 65.2 Å². The molecule has 4 aliphatic carbocycles. The fourth-order valence-electron chi connectivity index (χ4n) is 6.80. The molecule has 0 aromatic carbocycles. The number of hydrogen-bond donors (Lipinski definition) is 2. The number of oxime groups is 1. The van der Waals surface area contributed by atoms with Crippen molar-refractivity contribution >= 4 is 5.71 Å². The minimum Gasteiger partial charge on any atom is -0.394 e. The Kier molecular flexibility index (Phi) is 4.48. The molecule has 4 nitrogen and oxygen atoms in total. The first-order valence-electron chi connectivity index (χ1n) is 10.3. The van der Waals surface area contributed by atoms with Gasteiger partial charge in [-0.2, -0.15) is 0 Å². The van der Waals surface area contributed by atoms with Crippen molar-refractivity contribution in [3.05, 3.63) is 11.6 Å². The molecule has 3 N–H and O–H groups in total. The summed E-state index contributed by atoms with van der Waals surface area (Å²) < 4.78 is 0. The van der Waals surface area contributed by atoms with Crippen LogP contribution >= 0.6 is 0 Å². The Balaban J connectivity index is 1.57. The van der Waals surface area contributed by atoms with Crippen LogP contribution in [-0.4, -0.2) is 30.1 Å². The predicted molar refractivity (Wildman–Crippen MR) is 100 cm³/mol. The van der Waals surface area contributed by atoms with Gasteiger partial charge in [0.05, 0.1) is 11.8 Å². The van der Waals surface area contributed by atoms with E-state index in [-0.39, 0.29) is 11.5 Å². The van der Waals surface area contributed by atoms with Gasteiger partial charge in [-0.15, -0.1) is 0 Å². The SMILES string of the molecule is C[C@]12CC/C(=N\OCCN)C=C1CCC1C2CC[C@@]2(C)C1CC[C@@H]2O. The topological polar surface area (TPSA) is 67.8 Å². The lowest BCUT2D eigenvalue weighted by molar-refractivity contribution is -0.0722. The Morgan fingerprint density at radius 1 is 1.16 bits per heavy atom. The highest BCUT2D eigenvalue weighted by Crippen LogP contribution is 2.65. The van der Waals surface area contributed by atoms with E-state index in [4.69, 9.17) is 10.6 Å². The number of fused-ring (bicyclic) bond motifs is 5. The highest BCUT2D eigenvalue weighted by molar-refractivity contribution is 5.96. The van der Waals surface area contributed by atoms with Gasteiger partial charge in [0.15, 0.2) is 0 Å². The lowest BCUT2D eigenvalue weighted by Crippen LogP contribution is -2.51. The first-order chi connectivity index (χ1) is 12.0. The molecule has 25 heavy (non-hydrogen) atoms. The van der Waals surface area contributed by atoms with Gasteiger partial charge >= 0.3 is 0 Å². The molecule has 3 unspecified atom stereocenters. The van der Waals surface area contributed by atoms with Crippen LogP contribution in [0.2, 0.25) is 0 Å². The summed E-state index contributed by atoms with van der Waals surface area (Å²) in [6.07, 6.45) is 11.7. The molecule has 140 valence electrons. The molecule has 0 bridgehead atoms. The van der Waals surface area contributed by atoms with Crippen molar-refractivity contribution in [1.29, 1.82) is 0 Å². The van der Waals surface area contributed by atoms with Gasteiger partial charge in [0.1, 0.15) is 6.61 Å². The van der Waals surface area contributed by atoms with Crippen LogP contribution in [0.3, 0.4) is 0 Å². The van der Waals surface area contributed by atoms with Gasteiger partial charge in [0.2, 0.25) is 0 Å². The van der Waals surface area contributed by atoms with Gasteiger partial charge in [-0.1, -0.05) is 24.6 Å². The van der Waals surface area contributed by atoms with E-state index in [0.29, 0.717) is 18.6 Å². The first-order valence-corrected chi connectivity index (χ1v) is 10.3. The summed E-state index contributed by atoms with van der Waals surface area (Å²) in [6.45, 7) is 5.87. The zero-order chi connectivity index (χ0) is 17.7. The second-order valence-electron chi connectivity index (χ2n) is 9.34. The summed E-state index contributed by atoms with van der Waals surface area (Å²) in [5.41, 5.74) is 8.67. The third kappa shape index (κ3) is 2.68. The van der Waals surface area contributed by atoms with Crippen molar-refractivity contribution in [2.24, 2.45) is 39.5 Å². The molecule has 0 spiro atoms. The lowest BCUT2D eigenvalue weighted by Gasteiger charge is -2.57. The van der Waals surface area contributed by atoms with Crippen LogP contribution < -0.4 is 5.73 Å². The number of nitrogens with two attached hydrogens (primary N) is 1. The molecular formula is C21H34N2O2. The summed E-state index contributed by atoms with van der Waals surface area (Å²) in [5, 5.41) is 14.9. The summed E-state index contributed by atoms with van der Waals surface area (Å²) >= 11 is 0. The summed E-state index contributed by atoms with van der Waals surface area (Å²) in [5.74, 6) is 2.30. The summed E-state index contributed by atoms with van der Waals surface area (Å²) in [4.78, 5) is 5.31. The lowest BCUT2D eigenvalue weighted by atomic mass is 9.47. The average molecular weight is 347 g/mol. The number of allylic oxidation sites excluding steroid dienone is 2. The summed E-state index contributed by atoms with van der Waals surface area (Å²) in [7, 11) is 0. The molecule has 4 rings (SSSR count). The number of aliphatic hydroxyl groups is 1. The molecule has 0 radical (unpaired) electrons. The maximum absolute atomic E-state index is 10.6. The largest absolute Gasteiger partial charge is 0.394 e. The number of rotatable bonds is 3. The Morgan fingerprint density at radius 3 is 2.80 bits per heavy atom. The monoisotopic (exact) mass is 346 g/mol. The van der Waals surface area contributed by atoms with E-state index in [1.807, 2.05) is 0 Å². The molecule has 0 amide bonds. The maximum Gasteiger partial charge on any atom is 0.129 e. The Bertz CT molecular complexity index is 586. The molecule has 4 heteroatoms. The molecule has 0 aliphatic heterocycles. The van der Waals surface area contributed by atoms with E-state index in [1.54, 1.807) is 5.57 Å². The normalized spacial score (nSPS) is 47.7. The highest BCUT2D eigenvalue weighted by atomic mass is 16.6. The fourth-order valence-corrected chi connectivity index (χ4v) is 6.80. The van der Waals surface area contributed by atoms with Gasteiger partial charge in [0.25, 0.3) is 0 Å². The number of hydrogen-bond acceptors (Lipinski definition) is 4. The van der Waals surface area contributed by atoms with E-state index in [2.05, 4.69) is 25.1 Å². The minimum atomic E-state index is -0.0759. The molecule has 3 saturated carbocycles. The smallest absolute Gasteiger partial charge is 0.129 e. The molecule has 3 fully saturated rings. The van der Waals surface area contributed by atoms with Crippen LogP contribution in [0.15, 0.2) is 16.8 Å². The molecule has 0 aromatic rings. The van der Waals surface area contributed by atoms with Crippen molar-refractivity contribution in [2.45, 2.75) is 71.3 Å². The second-order valence-corrected chi connectivity index (χ2v) is 9.34. The quantitative estimate of drug-likeness (QED) is 0.605. The maximum atomic E-state index is 10.6. The van der Waals surface area contributed by atoms with Crippen molar-refractivity contribution in [3.8, 4) is 0 Å². The van der Waals surface area contributed by atoms with E-state index in [1.165, 1.54) is 38.5 Å². The standard InChI is InChI=1S/C21H34N2O2/c1-20-9-7-15(23-25-12-11-22)13-14(20)3-4-16-17-5-6-19(24)21(17,2)10-8-18(16)20/h13,16-19,24H,3-12,22H2,1-2H3/b23-15+/t16?,17?,18?,19-,20-,21-/m0/s1. The zero-order valence-corrected chi connectivity index (χ0v) is 15.8. The number of aliphatic hydroxyl groups excluding tert-OH is 1. The van der Waals surface area contributed by atoms with Gasteiger partial charge in [-0.25, -0.2) is 0 Å². The van der Waals surface area contributed by atoms with E-state index in [9.17, 15) is 5.11 Å². The van der Waals surface area contributed by atoms with Crippen molar-refractivity contribution in [1.82, 2.24) is 0 Å². The van der Waals surface area contributed by atoms with Crippen molar-refractivity contribution < 1.29 is 9.94 Å². The van der Waals surface area contributed by atoms with Gasteiger partial charge < -0.3 is 15.7 Å². The molecule has 6 atom stereocenters. The van der Waals surface area contributed by atoms with Crippen LogP contribution in [0.4, 0.5) is 0 Å². The van der Waals surface area contributed by atoms with E-state index < -0.39 is 0 Å². The second kappa shape index (κ2) is 6.38. The van der Waals surface area contributed by atoms with Crippen molar-refractivity contribution in [3.63, 3.8) is 0 Å². The van der Waals surface area contributed by atoms with Crippen LogP contribution in [0, 0.1) is 28.6 Å². The molecule has 0 heterocycles. The number of nitrogens with zero attached hydrogens (tertiary/aromatic N) is 1. The van der Waals surface area contributed by atoms with E-state index in [0.717, 1.165) is 36.3 Å². The van der Waals surface area contributed by atoms with Crippen LogP contribution in [0.25, 0.3) is 0 Å². The molecule has 0 saturated heterocycles. The highest BCUT2D eigenvalue weighted by Gasteiger charge is 2.58. The zero-order valence-electron chi connectivity index (χ0n) is 15.8. The van der Waals surface area contributed by atoms with Crippen LogP contribution in [-0.2, 0) is 4.84 Å². The van der Waals surface area contributed by atoms with E-state index >= 15 is 0 Å². The first kappa shape index (κ1) is 17.5. The Labute approximate surface area is 151 Å². The third-order valence-electron chi connectivity index (χ3n) is 8.32. The van der Waals surface area contributed by atoms with Gasteiger partial charge in [0, 0.05) is 6.54 Å². The molecule has 4 aliphatic rings. The molecular weight excluding hydrogens is 312 g/mol. The van der Waals surface area contributed by atoms with Crippen LogP contribution in [0.5, 0.6) is 0 Å². The average Bonchev–Trinajstić information content (AvgIpc) is 2.90. The predicted octanol–water partition coefficient (Wildman–Crippen LogP) is 3.64. The van der Waals surface area contributed by atoms with Crippen molar-refractivity contribution in [2.75, 3.05) is 13.2 Å².